The van der Waals surface area contributed by atoms with E-state index in [1.165, 1.54) is 6.07 Å². The molecular weight excluding hydrogens is 264 g/mol. The van der Waals surface area contributed by atoms with Crippen molar-refractivity contribution in [3.63, 3.8) is 0 Å². The lowest BCUT2D eigenvalue weighted by Gasteiger charge is -2.22. The summed E-state index contributed by atoms with van der Waals surface area (Å²) in [6, 6.07) is 3.04. The number of carboxylic acid groups (broad SMARTS) is 1. The summed E-state index contributed by atoms with van der Waals surface area (Å²) in [5, 5.41) is 9.24. The number of hydrogen-bond donors (Lipinski definition) is 1. The molecule has 2 aliphatic heterocycles. The summed E-state index contributed by atoms with van der Waals surface area (Å²) in [6.07, 6.45) is 1.87. The summed E-state index contributed by atoms with van der Waals surface area (Å²) >= 11 is 0. The zero-order chi connectivity index (χ0) is 13.9. The van der Waals surface area contributed by atoms with Gasteiger partial charge >= 0.3 is 5.97 Å². The summed E-state index contributed by atoms with van der Waals surface area (Å²) in [6.45, 7) is 2.07. The van der Waals surface area contributed by atoms with Crippen LogP contribution in [0.1, 0.15) is 23.2 Å². The van der Waals surface area contributed by atoms with Gasteiger partial charge in [0.25, 0.3) is 0 Å². The Hall–Kier alpha value is -1.95. The van der Waals surface area contributed by atoms with Gasteiger partial charge in [0.2, 0.25) is 6.79 Å². The van der Waals surface area contributed by atoms with Gasteiger partial charge < -0.3 is 24.1 Å². The highest BCUT2D eigenvalue weighted by Crippen LogP contribution is 2.38. The maximum atomic E-state index is 11.3. The Morgan fingerprint density at radius 2 is 1.95 bits per heavy atom. The van der Waals surface area contributed by atoms with Crippen LogP contribution in [0.5, 0.6) is 17.2 Å². The number of aromatic carboxylic acids is 1. The van der Waals surface area contributed by atoms with Crippen LogP contribution in [0.3, 0.4) is 0 Å². The molecule has 3 rings (SSSR count). The molecule has 0 radical (unpaired) electrons. The Balaban J connectivity index is 1.75. The van der Waals surface area contributed by atoms with Crippen molar-refractivity contribution >= 4 is 5.97 Å². The smallest absolute Gasteiger partial charge is 0.339 e. The highest BCUT2D eigenvalue weighted by atomic mass is 16.7. The van der Waals surface area contributed by atoms with Crippen molar-refractivity contribution in [2.45, 2.75) is 12.8 Å². The quantitative estimate of drug-likeness (QED) is 0.908. The Labute approximate surface area is 116 Å². The SMILES string of the molecule is O=C(O)c1cc2c(cc1OCC1CCOCC1)OCO2. The van der Waals surface area contributed by atoms with E-state index in [-0.39, 0.29) is 12.4 Å². The van der Waals surface area contributed by atoms with Crippen LogP contribution in [0.15, 0.2) is 12.1 Å². The number of ether oxygens (including phenoxy) is 4. The normalized spacial score (nSPS) is 18.0. The van der Waals surface area contributed by atoms with E-state index in [1.807, 2.05) is 0 Å². The van der Waals surface area contributed by atoms with Crippen LogP contribution in [0.25, 0.3) is 0 Å². The molecule has 1 N–H and O–H groups in total. The zero-order valence-corrected chi connectivity index (χ0v) is 11.0. The third kappa shape index (κ3) is 2.65. The molecule has 20 heavy (non-hydrogen) atoms. The van der Waals surface area contributed by atoms with Crippen LogP contribution < -0.4 is 14.2 Å². The Bertz CT molecular complexity index is 507. The van der Waals surface area contributed by atoms with Crippen molar-refractivity contribution < 1.29 is 28.8 Å². The standard InChI is InChI=1S/C14H16O6/c15-14(16)10-5-12-13(20-8-19-12)6-11(10)18-7-9-1-3-17-4-2-9/h5-6,9H,1-4,7-8H2,(H,15,16). The molecule has 0 spiro atoms. The van der Waals surface area contributed by atoms with Gasteiger partial charge in [0.05, 0.1) is 6.61 Å². The molecule has 1 fully saturated rings. The molecule has 0 saturated carbocycles. The highest BCUT2D eigenvalue weighted by molar-refractivity contribution is 5.92. The van der Waals surface area contributed by atoms with E-state index in [0.717, 1.165) is 26.1 Å². The van der Waals surface area contributed by atoms with Crippen molar-refractivity contribution in [3.8, 4) is 17.2 Å². The van der Waals surface area contributed by atoms with Crippen LogP contribution in [0.2, 0.25) is 0 Å². The second-order valence-electron chi connectivity index (χ2n) is 4.87. The number of carboxylic acids is 1. The number of hydrogen-bond acceptors (Lipinski definition) is 5. The second-order valence-corrected chi connectivity index (χ2v) is 4.87. The summed E-state index contributed by atoms with van der Waals surface area (Å²) in [4.78, 5) is 11.3. The molecule has 2 aliphatic rings. The van der Waals surface area contributed by atoms with Crippen molar-refractivity contribution in [1.82, 2.24) is 0 Å². The van der Waals surface area contributed by atoms with Gasteiger partial charge in [-0.3, -0.25) is 0 Å². The minimum atomic E-state index is -1.04. The Morgan fingerprint density at radius 1 is 1.25 bits per heavy atom. The van der Waals surface area contributed by atoms with E-state index in [0.29, 0.717) is 29.8 Å². The topological polar surface area (TPSA) is 74.2 Å². The molecule has 0 aromatic heterocycles. The number of carbonyl (C=O) groups is 1. The first-order valence-corrected chi connectivity index (χ1v) is 6.61. The van der Waals surface area contributed by atoms with E-state index < -0.39 is 5.97 Å². The molecular formula is C14H16O6. The van der Waals surface area contributed by atoms with Crippen molar-refractivity contribution in [2.24, 2.45) is 5.92 Å². The maximum absolute atomic E-state index is 11.3. The second kappa shape index (κ2) is 5.58. The van der Waals surface area contributed by atoms with Gasteiger partial charge in [-0.1, -0.05) is 0 Å². The Kier molecular flexibility index (Phi) is 3.64. The summed E-state index contributed by atoms with van der Waals surface area (Å²) in [7, 11) is 0. The fourth-order valence-corrected chi connectivity index (χ4v) is 2.33. The molecule has 0 atom stereocenters. The van der Waals surface area contributed by atoms with Gasteiger partial charge in [-0.2, -0.15) is 0 Å². The zero-order valence-electron chi connectivity index (χ0n) is 11.0. The molecule has 2 heterocycles. The maximum Gasteiger partial charge on any atom is 0.339 e. The summed E-state index contributed by atoms with van der Waals surface area (Å²) < 4.78 is 21.4. The first-order valence-electron chi connectivity index (χ1n) is 6.61. The molecule has 6 heteroatoms. The summed E-state index contributed by atoms with van der Waals surface area (Å²) in [5.41, 5.74) is 0.0984. The van der Waals surface area contributed by atoms with E-state index in [2.05, 4.69) is 0 Å². The first kappa shape index (κ1) is 13.1. The van der Waals surface area contributed by atoms with E-state index in [1.54, 1.807) is 6.07 Å². The monoisotopic (exact) mass is 280 g/mol. The van der Waals surface area contributed by atoms with Gasteiger partial charge in [-0.05, 0) is 18.8 Å². The molecule has 6 nitrogen and oxygen atoms in total. The van der Waals surface area contributed by atoms with Gasteiger partial charge in [0.15, 0.2) is 11.5 Å². The molecule has 0 unspecified atom stereocenters. The molecule has 1 aromatic carbocycles. The van der Waals surface area contributed by atoms with E-state index in [4.69, 9.17) is 18.9 Å². The van der Waals surface area contributed by atoms with Gasteiger partial charge in [-0.25, -0.2) is 4.79 Å². The fourth-order valence-electron chi connectivity index (χ4n) is 2.33. The number of rotatable bonds is 4. The molecule has 0 aliphatic carbocycles. The minimum absolute atomic E-state index is 0.0984. The number of fused-ring (bicyclic) bond motifs is 1. The molecule has 108 valence electrons. The number of benzene rings is 1. The first-order chi connectivity index (χ1) is 9.74. The lowest BCUT2D eigenvalue weighted by molar-refractivity contribution is 0.0490. The molecule has 0 amide bonds. The highest BCUT2D eigenvalue weighted by Gasteiger charge is 2.22. The van der Waals surface area contributed by atoms with Crippen molar-refractivity contribution in [1.29, 1.82) is 0 Å². The van der Waals surface area contributed by atoms with Crippen LogP contribution >= 0.6 is 0 Å². The predicted molar refractivity (Wildman–Crippen MR) is 68.6 cm³/mol. The largest absolute Gasteiger partial charge is 0.492 e. The lowest BCUT2D eigenvalue weighted by Crippen LogP contribution is -2.22. The van der Waals surface area contributed by atoms with E-state index in [9.17, 15) is 9.90 Å². The third-order valence-corrected chi connectivity index (χ3v) is 3.52. The third-order valence-electron chi connectivity index (χ3n) is 3.52. The van der Waals surface area contributed by atoms with Crippen LogP contribution in [0, 0.1) is 5.92 Å². The van der Waals surface area contributed by atoms with Crippen LogP contribution in [-0.2, 0) is 4.74 Å². The minimum Gasteiger partial charge on any atom is -0.492 e. The van der Waals surface area contributed by atoms with Gasteiger partial charge in [-0.15, -0.1) is 0 Å². The lowest BCUT2D eigenvalue weighted by atomic mass is 10.0. The fraction of sp³-hybridized carbons (Fsp3) is 0.500. The molecule has 0 bridgehead atoms. The van der Waals surface area contributed by atoms with E-state index >= 15 is 0 Å². The van der Waals surface area contributed by atoms with Crippen LogP contribution in [-0.4, -0.2) is 37.7 Å². The molecule has 1 aromatic rings. The predicted octanol–water partition coefficient (Wildman–Crippen LogP) is 1.92. The van der Waals surface area contributed by atoms with Crippen molar-refractivity contribution in [2.75, 3.05) is 26.6 Å². The molecule has 1 saturated heterocycles. The average Bonchev–Trinajstić information content (AvgIpc) is 2.92. The van der Waals surface area contributed by atoms with Crippen molar-refractivity contribution in [3.05, 3.63) is 17.7 Å². The van der Waals surface area contributed by atoms with Gasteiger partial charge in [0.1, 0.15) is 11.3 Å². The summed E-state index contributed by atoms with van der Waals surface area (Å²) in [5.74, 6) is 0.659. The Morgan fingerprint density at radius 3 is 2.65 bits per heavy atom. The average molecular weight is 280 g/mol. The van der Waals surface area contributed by atoms with Gasteiger partial charge in [0, 0.05) is 25.3 Å². The van der Waals surface area contributed by atoms with Crippen LogP contribution in [0.4, 0.5) is 0 Å².